The third-order valence-corrected chi connectivity index (χ3v) is 5.97. The molecule has 0 spiro atoms. The Labute approximate surface area is 119 Å². The Morgan fingerprint density at radius 2 is 2.05 bits per heavy atom. The van der Waals surface area contributed by atoms with E-state index in [9.17, 15) is 10.5 Å². The largest absolute Gasteiger partial charge is 0.197 e. The summed E-state index contributed by atoms with van der Waals surface area (Å²) >= 11 is 0. The molecule has 3 atom stereocenters. The molecule has 1 aromatic carbocycles. The van der Waals surface area contributed by atoms with Crippen LogP contribution in [0.5, 0.6) is 0 Å². The number of rotatable bonds is 0. The molecule has 2 nitrogen and oxygen atoms in total. The summed E-state index contributed by atoms with van der Waals surface area (Å²) in [4.78, 5) is 0. The van der Waals surface area contributed by atoms with Crippen LogP contribution in [0, 0.1) is 39.4 Å². The van der Waals surface area contributed by atoms with Gasteiger partial charge in [0.2, 0.25) is 0 Å². The number of hydrogen-bond donors (Lipinski definition) is 0. The molecular weight excluding hydrogens is 244 g/mol. The highest BCUT2D eigenvalue weighted by Gasteiger charge is 2.71. The molecule has 0 amide bonds. The molecule has 0 aliphatic heterocycles. The van der Waals surface area contributed by atoms with Gasteiger partial charge in [0.15, 0.2) is 5.41 Å². The third kappa shape index (κ3) is 1.02. The van der Waals surface area contributed by atoms with Crippen molar-refractivity contribution in [3.05, 3.63) is 41.0 Å². The van der Waals surface area contributed by atoms with E-state index in [-0.39, 0.29) is 11.3 Å². The molecule has 20 heavy (non-hydrogen) atoms. The maximum absolute atomic E-state index is 9.70. The predicted molar refractivity (Wildman–Crippen MR) is 76.4 cm³/mol. The average molecular weight is 260 g/mol. The molecule has 0 aromatic heterocycles. The molecule has 1 saturated carbocycles. The van der Waals surface area contributed by atoms with Gasteiger partial charge >= 0.3 is 0 Å². The van der Waals surface area contributed by atoms with Gasteiger partial charge in [-0.15, -0.1) is 0 Å². The van der Waals surface area contributed by atoms with Crippen molar-refractivity contribution in [1.82, 2.24) is 0 Å². The summed E-state index contributed by atoms with van der Waals surface area (Å²) in [5, 5.41) is 19.4. The van der Waals surface area contributed by atoms with Crippen molar-refractivity contribution in [3.63, 3.8) is 0 Å². The van der Waals surface area contributed by atoms with Gasteiger partial charge in [-0.3, -0.25) is 0 Å². The summed E-state index contributed by atoms with van der Waals surface area (Å²) in [7, 11) is 0. The van der Waals surface area contributed by atoms with E-state index < -0.39 is 5.41 Å². The highest BCUT2D eigenvalue weighted by Crippen LogP contribution is 2.73. The fraction of sp³-hybridized carbons (Fsp3) is 0.444. The Hall–Kier alpha value is -2.06. The highest BCUT2D eigenvalue weighted by atomic mass is 14.7. The van der Waals surface area contributed by atoms with Crippen LogP contribution in [0.2, 0.25) is 0 Å². The lowest BCUT2D eigenvalue weighted by Crippen LogP contribution is -2.61. The molecule has 0 N–H and O–H groups in total. The van der Waals surface area contributed by atoms with E-state index in [0.717, 1.165) is 19.3 Å². The summed E-state index contributed by atoms with van der Waals surface area (Å²) in [5.41, 5.74) is 3.09. The van der Waals surface area contributed by atoms with Gasteiger partial charge in [0, 0.05) is 17.3 Å². The fourth-order valence-corrected chi connectivity index (χ4v) is 4.94. The minimum absolute atomic E-state index is 0.0641. The van der Waals surface area contributed by atoms with Crippen LogP contribution >= 0.6 is 0 Å². The van der Waals surface area contributed by atoms with Crippen molar-refractivity contribution in [1.29, 1.82) is 10.5 Å². The van der Waals surface area contributed by atoms with Crippen LogP contribution in [0.1, 0.15) is 42.4 Å². The van der Waals surface area contributed by atoms with Crippen LogP contribution in [0.15, 0.2) is 24.3 Å². The first-order chi connectivity index (χ1) is 9.68. The molecule has 4 rings (SSSR count). The Morgan fingerprint density at radius 3 is 2.80 bits per heavy atom. The van der Waals surface area contributed by atoms with Crippen molar-refractivity contribution in [3.8, 4) is 12.1 Å². The Balaban J connectivity index is 2.01. The Kier molecular flexibility index (Phi) is 2.07. The fourth-order valence-electron chi connectivity index (χ4n) is 4.94. The van der Waals surface area contributed by atoms with E-state index in [4.69, 9.17) is 0 Å². The molecule has 1 fully saturated rings. The van der Waals surface area contributed by atoms with Crippen LogP contribution in [0.25, 0.3) is 6.08 Å². The maximum atomic E-state index is 9.70. The summed E-state index contributed by atoms with van der Waals surface area (Å²) in [5.74, 6) is 0.412. The molecule has 3 unspecified atom stereocenters. The molecule has 0 heterocycles. The van der Waals surface area contributed by atoms with Gasteiger partial charge in [-0.1, -0.05) is 37.3 Å². The first-order valence-electron chi connectivity index (χ1n) is 7.30. The zero-order chi connectivity index (χ0) is 14.0. The van der Waals surface area contributed by atoms with Crippen LogP contribution < -0.4 is 0 Å². The smallest absolute Gasteiger partial charge is 0.156 e. The first kappa shape index (κ1) is 11.7. The van der Waals surface area contributed by atoms with Crippen molar-refractivity contribution >= 4 is 6.08 Å². The van der Waals surface area contributed by atoms with Gasteiger partial charge in [0.05, 0.1) is 12.1 Å². The van der Waals surface area contributed by atoms with Crippen LogP contribution in [-0.4, -0.2) is 0 Å². The third-order valence-electron chi connectivity index (χ3n) is 5.97. The Bertz CT molecular complexity index is 702. The number of hydrogen-bond acceptors (Lipinski definition) is 2. The minimum Gasteiger partial charge on any atom is -0.197 e. The van der Waals surface area contributed by atoms with Gasteiger partial charge in [-0.05, 0) is 36.0 Å². The summed E-state index contributed by atoms with van der Waals surface area (Å²) in [6.07, 6.45) is 7.34. The van der Waals surface area contributed by atoms with Crippen LogP contribution in [-0.2, 0) is 6.42 Å². The molecule has 98 valence electrons. The second-order valence-electron chi connectivity index (χ2n) is 6.59. The summed E-state index contributed by atoms with van der Waals surface area (Å²) < 4.78 is 0. The minimum atomic E-state index is -0.844. The number of nitrogens with zero attached hydrogens (tertiary/aromatic N) is 2. The van der Waals surface area contributed by atoms with Gasteiger partial charge in [-0.25, -0.2) is 0 Å². The van der Waals surface area contributed by atoms with Crippen LogP contribution in [0.3, 0.4) is 0 Å². The van der Waals surface area contributed by atoms with Crippen molar-refractivity contribution in [2.75, 3.05) is 0 Å². The molecule has 1 aromatic rings. The molecule has 0 saturated heterocycles. The molecule has 3 aliphatic rings. The zero-order valence-corrected chi connectivity index (χ0v) is 11.6. The molecule has 2 heteroatoms. The van der Waals surface area contributed by atoms with Crippen molar-refractivity contribution in [2.24, 2.45) is 16.7 Å². The number of nitriles is 2. The topological polar surface area (TPSA) is 47.6 Å². The lowest BCUT2D eigenvalue weighted by atomic mass is 9.36. The summed E-state index contributed by atoms with van der Waals surface area (Å²) in [6.45, 7) is 2.16. The van der Waals surface area contributed by atoms with Gasteiger partial charge < -0.3 is 0 Å². The van der Waals surface area contributed by atoms with E-state index >= 15 is 0 Å². The lowest BCUT2D eigenvalue weighted by Gasteiger charge is -2.62. The molecule has 0 radical (unpaired) electrons. The van der Waals surface area contributed by atoms with Gasteiger partial charge in [0.1, 0.15) is 0 Å². The van der Waals surface area contributed by atoms with Gasteiger partial charge in [-0.2, -0.15) is 10.5 Å². The molecule has 3 aliphatic carbocycles. The van der Waals surface area contributed by atoms with E-state index in [1.807, 2.05) is 0 Å². The average Bonchev–Trinajstić information content (AvgIpc) is 2.60. The molecular formula is C18H16N2. The molecule has 0 bridgehead atoms. The van der Waals surface area contributed by atoms with Crippen molar-refractivity contribution in [2.45, 2.75) is 32.1 Å². The lowest BCUT2D eigenvalue weighted by molar-refractivity contribution is -0.0610. The standard InChI is InChI=1S/C18H16N2/c1-17-9-3-6-12-4-2-5-13-7-8-14(16(17)15(12)13)18(17,10-19)11-20/h2,4-5,7-8,14,16H,3,6,9H2,1H3. The van der Waals surface area contributed by atoms with Crippen LogP contribution in [0.4, 0.5) is 0 Å². The van der Waals surface area contributed by atoms with Gasteiger partial charge in [0.25, 0.3) is 0 Å². The normalized spacial score (nSPS) is 35.0. The Morgan fingerprint density at radius 1 is 1.25 bits per heavy atom. The van der Waals surface area contributed by atoms with E-state index in [2.05, 4.69) is 49.4 Å². The predicted octanol–water partition coefficient (Wildman–Crippen LogP) is 3.80. The highest BCUT2D eigenvalue weighted by molar-refractivity contribution is 5.65. The number of allylic oxidation sites excluding steroid dienone is 1. The first-order valence-corrected chi connectivity index (χ1v) is 7.30. The van der Waals surface area contributed by atoms with Crippen molar-refractivity contribution < 1.29 is 0 Å². The monoisotopic (exact) mass is 260 g/mol. The van der Waals surface area contributed by atoms with E-state index in [1.54, 1.807) is 0 Å². The second-order valence-corrected chi connectivity index (χ2v) is 6.59. The quantitative estimate of drug-likeness (QED) is 0.712. The number of aryl methyl sites for hydroxylation is 1. The van der Waals surface area contributed by atoms with E-state index in [0.29, 0.717) is 5.92 Å². The SMILES string of the molecule is CC12CCCc3cccc4c3C1C(C=C4)C2(C#N)C#N. The zero-order valence-electron chi connectivity index (χ0n) is 11.6. The number of benzene rings is 1. The second kappa shape index (κ2) is 3.53. The maximum Gasteiger partial charge on any atom is 0.156 e. The van der Waals surface area contributed by atoms with E-state index in [1.165, 1.54) is 16.7 Å². The summed E-state index contributed by atoms with van der Waals surface area (Å²) in [6, 6.07) is 11.3.